The predicted molar refractivity (Wildman–Crippen MR) is 81.8 cm³/mol. The topological polar surface area (TPSA) is 78.4 Å². The maximum atomic E-state index is 12.9. The van der Waals surface area contributed by atoms with Crippen molar-refractivity contribution in [3.8, 4) is 0 Å². The van der Waals surface area contributed by atoms with Gasteiger partial charge in [0, 0.05) is 6.54 Å². The molecule has 0 saturated heterocycles. The summed E-state index contributed by atoms with van der Waals surface area (Å²) in [4.78, 5) is 24.0. The second kappa shape index (κ2) is 8.05. The molecule has 0 heterocycles. The van der Waals surface area contributed by atoms with Crippen molar-refractivity contribution >= 4 is 11.8 Å². The lowest BCUT2D eigenvalue weighted by Gasteiger charge is -2.15. The van der Waals surface area contributed by atoms with Gasteiger partial charge in [0.2, 0.25) is 5.91 Å². The molecule has 3 N–H and O–H groups in total. The second-order valence-electron chi connectivity index (χ2n) is 5.06. The molecule has 0 spiro atoms. The Labute approximate surface area is 133 Å². The van der Waals surface area contributed by atoms with Crippen LogP contribution in [0.3, 0.4) is 0 Å². The molecule has 0 aliphatic carbocycles. The standard InChI is InChI=1S/C17H17FN2O3/c18-14-8-6-12(7-9-14)10-15(17(22)20-23)16(21)19-11-13-4-2-1-3-5-13/h1-9,15,23H,10-11H2,(H,19,21)(H,20,22)/t15-/m0/s1. The fourth-order valence-corrected chi connectivity index (χ4v) is 2.15. The number of nitrogens with one attached hydrogen (secondary N) is 2. The van der Waals surface area contributed by atoms with Gasteiger partial charge in [0.05, 0.1) is 0 Å². The zero-order valence-corrected chi connectivity index (χ0v) is 12.3. The Morgan fingerprint density at radius 1 is 0.957 bits per heavy atom. The van der Waals surface area contributed by atoms with Crippen LogP contribution in [-0.2, 0) is 22.6 Å². The zero-order valence-electron chi connectivity index (χ0n) is 12.3. The van der Waals surface area contributed by atoms with Crippen LogP contribution in [0.5, 0.6) is 0 Å². The Morgan fingerprint density at radius 3 is 2.22 bits per heavy atom. The summed E-state index contributed by atoms with van der Waals surface area (Å²) in [5, 5.41) is 11.5. The Bertz CT molecular complexity index is 659. The third-order valence-corrected chi connectivity index (χ3v) is 3.41. The van der Waals surface area contributed by atoms with E-state index in [1.54, 1.807) is 0 Å². The average Bonchev–Trinajstić information content (AvgIpc) is 2.59. The molecule has 0 aliphatic heterocycles. The van der Waals surface area contributed by atoms with Crippen molar-refractivity contribution < 1.29 is 19.2 Å². The van der Waals surface area contributed by atoms with Gasteiger partial charge in [0.25, 0.3) is 5.91 Å². The zero-order chi connectivity index (χ0) is 16.7. The minimum absolute atomic E-state index is 0.0628. The van der Waals surface area contributed by atoms with Gasteiger partial charge in [-0.15, -0.1) is 0 Å². The molecule has 23 heavy (non-hydrogen) atoms. The van der Waals surface area contributed by atoms with E-state index < -0.39 is 23.5 Å². The summed E-state index contributed by atoms with van der Waals surface area (Å²) in [6.07, 6.45) is 0.0628. The molecule has 2 aromatic rings. The summed E-state index contributed by atoms with van der Waals surface area (Å²) >= 11 is 0. The average molecular weight is 316 g/mol. The van der Waals surface area contributed by atoms with Crippen molar-refractivity contribution in [3.63, 3.8) is 0 Å². The van der Waals surface area contributed by atoms with Crippen LogP contribution in [0, 0.1) is 11.7 Å². The molecule has 2 amide bonds. The number of benzene rings is 2. The molecule has 5 nitrogen and oxygen atoms in total. The van der Waals surface area contributed by atoms with Gasteiger partial charge in [-0.05, 0) is 29.7 Å². The lowest BCUT2D eigenvalue weighted by molar-refractivity contribution is -0.140. The van der Waals surface area contributed by atoms with Crippen molar-refractivity contribution in [2.75, 3.05) is 0 Å². The van der Waals surface area contributed by atoms with Gasteiger partial charge in [-0.2, -0.15) is 0 Å². The van der Waals surface area contributed by atoms with E-state index in [0.717, 1.165) is 5.56 Å². The van der Waals surface area contributed by atoms with Gasteiger partial charge in [-0.1, -0.05) is 42.5 Å². The number of halogens is 1. The lowest BCUT2D eigenvalue weighted by Crippen LogP contribution is -2.41. The van der Waals surface area contributed by atoms with E-state index >= 15 is 0 Å². The number of carbonyl (C=O) groups excluding carboxylic acids is 2. The molecule has 1 atom stereocenters. The van der Waals surface area contributed by atoms with E-state index in [4.69, 9.17) is 5.21 Å². The third-order valence-electron chi connectivity index (χ3n) is 3.41. The Balaban J connectivity index is 2.03. The summed E-state index contributed by atoms with van der Waals surface area (Å²) in [6.45, 7) is 0.276. The first-order chi connectivity index (χ1) is 11.1. The molecule has 0 aliphatic rings. The van der Waals surface area contributed by atoms with Gasteiger partial charge in [-0.3, -0.25) is 14.8 Å². The maximum Gasteiger partial charge on any atom is 0.256 e. The Morgan fingerprint density at radius 2 is 1.61 bits per heavy atom. The van der Waals surface area contributed by atoms with E-state index in [2.05, 4.69) is 5.32 Å². The quantitative estimate of drug-likeness (QED) is 0.432. The van der Waals surface area contributed by atoms with Crippen molar-refractivity contribution in [2.24, 2.45) is 5.92 Å². The SMILES string of the molecule is O=C(NO)[C@@H](Cc1ccc(F)cc1)C(=O)NCc1ccccc1. The maximum absolute atomic E-state index is 12.9. The largest absolute Gasteiger partial charge is 0.351 e. The summed E-state index contributed by atoms with van der Waals surface area (Å²) in [5.41, 5.74) is 3.02. The fourth-order valence-electron chi connectivity index (χ4n) is 2.15. The van der Waals surface area contributed by atoms with Crippen molar-refractivity contribution in [2.45, 2.75) is 13.0 Å². The van der Waals surface area contributed by atoms with Crippen LogP contribution in [0.15, 0.2) is 54.6 Å². The molecule has 2 aromatic carbocycles. The summed E-state index contributed by atoms with van der Waals surface area (Å²) in [7, 11) is 0. The Hall–Kier alpha value is -2.73. The number of hydrogen-bond donors (Lipinski definition) is 3. The first-order valence-electron chi connectivity index (χ1n) is 7.10. The highest BCUT2D eigenvalue weighted by molar-refractivity contribution is 6.00. The number of hydrogen-bond acceptors (Lipinski definition) is 3. The monoisotopic (exact) mass is 316 g/mol. The molecule has 120 valence electrons. The minimum Gasteiger partial charge on any atom is -0.351 e. The van der Waals surface area contributed by atoms with E-state index in [9.17, 15) is 14.0 Å². The van der Waals surface area contributed by atoms with Crippen LogP contribution in [0.2, 0.25) is 0 Å². The highest BCUT2D eigenvalue weighted by Gasteiger charge is 2.26. The van der Waals surface area contributed by atoms with E-state index in [0.29, 0.717) is 5.56 Å². The van der Waals surface area contributed by atoms with Crippen LogP contribution in [0.1, 0.15) is 11.1 Å². The molecule has 0 aromatic heterocycles. The van der Waals surface area contributed by atoms with E-state index in [1.165, 1.54) is 29.7 Å². The second-order valence-corrected chi connectivity index (χ2v) is 5.06. The summed E-state index contributed by atoms with van der Waals surface area (Å²) < 4.78 is 12.9. The molecular formula is C17H17FN2O3. The number of carbonyl (C=O) groups is 2. The van der Waals surface area contributed by atoms with Gasteiger partial charge >= 0.3 is 0 Å². The highest BCUT2D eigenvalue weighted by atomic mass is 19.1. The van der Waals surface area contributed by atoms with Gasteiger partial charge in [-0.25, -0.2) is 9.87 Å². The van der Waals surface area contributed by atoms with Crippen LogP contribution >= 0.6 is 0 Å². The van der Waals surface area contributed by atoms with Crippen LogP contribution < -0.4 is 10.8 Å². The molecule has 0 radical (unpaired) electrons. The third kappa shape index (κ3) is 4.89. The molecule has 6 heteroatoms. The lowest BCUT2D eigenvalue weighted by atomic mass is 9.97. The summed E-state index contributed by atoms with van der Waals surface area (Å²) in [5.74, 6) is -2.82. The van der Waals surface area contributed by atoms with Crippen molar-refractivity contribution in [3.05, 3.63) is 71.5 Å². The highest BCUT2D eigenvalue weighted by Crippen LogP contribution is 2.11. The molecule has 0 bridgehead atoms. The summed E-state index contributed by atoms with van der Waals surface area (Å²) in [6, 6.07) is 14.8. The number of amides is 2. The van der Waals surface area contributed by atoms with Crippen LogP contribution in [0.25, 0.3) is 0 Å². The predicted octanol–water partition coefficient (Wildman–Crippen LogP) is 1.81. The van der Waals surface area contributed by atoms with Gasteiger partial charge < -0.3 is 5.32 Å². The first kappa shape index (κ1) is 16.6. The van der Waals surface area contributed by atoms with Crippen molar-refractivity contribution in [1.29, 1.82) is 0 Å². The van der Waals surface area contributed by atoms with E-state index in [1.807, 2.05) is 30.3 Å². The van der Waals surface area contributed by atoms with Crippen molar-refractivity contribution in [1.82, 2.24) is 10.8 Å². The molecule has 0 unspecified atom stereocenters. The van der Waals surface area contributed by atoms with E-state index in [-0.39, 0.29) is 13.0 Å². The smallest absolute Gasteiger partial charge is 0.256 e. The normalized spacial score (nSPS) is 11.6. The van der Waals surface area contributed by atoms with Gasteiger partial charge in [0.1, 0.15) is 11.7 Å². The molecule has 0 saturated carbocycles. The Kier molecular flexibility index (Phi) is 5.82. The number of hydroxylamine groups is 1. The first-order valence-corrected chi connectivity index (χ1v) is 7.10. The molecule has 0 fully saturated rings. The van der Waals surface area contributed by atoms with Gasteiger partial charge in [0.15, 0.2) is 0 Å². The molecular weight excluding hydrogens is 299 g/mol. The molecule has 2 rings (SSSR count). The van der Waals surface area contributed by atoms with Crippen LogP contribution in [0.4, 0.5) is 4.39 Å². The number of rotatable bonds is 6. The minimum atomic E-state index is -1.10. The fraction of sp³-hybridized carbons (Fsp3) is 0.176. The van der Waals surface area contributed by atoms with Crippen LogP contribution in [-0.4, -0.2) is 17.0 Å².